The van der Waals surface area contributed by atoms with Crippen LogP contribution in [0.2, 0.25) is 0 Å². The topological polar surface area (TPSA) is 24.1 Å². The summed E-state index contributed by atoms with van der Waals surface area (Å²) in [4.78, 5) is 0. The van der Waals surface area contributed by atoms with Crippen molar-refractivity contribution in [3.8, 4) is 0 Å². The molecule has 2 N–H and O–H groups in total. The molecule has 0 fully saturated rings. The molecule has 2 nitrogen and oxygen atoms in total. The molecule has 0 saturated carbocycles. The lowest BCUT2D eigenvalue weighted by molar-refractivity contribution is 0.697. The van der Waals surface area contributed by atoms with Crippen LogP contribution in [0.15, 0.2) is 12.1 Å². The van der Waals surface area contributed by atoms with E-state index in [1.54, 1.807) is 0 Å². The van der Waals surface area contributed by atoms with Crippen LogP contribution in [0.25, 0.3) is 0 Å². The van der Waals surface area contributed by atoms with E-state index in [2.05, 4.69) is 50.5 Å². The molecule has 0 aliphatic carbocycles. The quantitative estimate of drug-likeness (QED) is 0.567. The zero-order chi connectivity index (χ0) is 15.0. The Morgan fingerprint density at radius 1 is 1.10 bits per heavy atom. The van der Waals surface area contributed by atoms with Crippen LogP contribution in [0.4, 0.5) is 5.69 Å². The summed E-state index contributed by atoms with van der Waals surface area (Å²) in [6, 6.07) is 4.41. The Balaban J connectivity index is 2.74. The van der Waals surface area contributed by atoms with Crippen LogP contribution in [0.3, 0.4) is 0 Å². The highest BCUT2D eigenvalue weighted by molar-refractivity contribution is 7.80. The van der Waals surface area contributed by atoms with Crippen molar-refractivity contribution in [2.24, 2.45) is 0 Å². The van der Waals surface area contributed by atoms with Gasteiger partial charge < -0.3 is 10.6 Å². The Morgan fingerprint density at radius 3 is 2.45 bits per heavy atom. The Kier molecular flexibility index (Phi) is 7.60. The van der Waals surface area contributed by atoms with E-state index in [0.717, 1.165) is 24.5 Å². The Bertz CT molecular complexity index is 441. The highest BCUT2D eigenvalue weighted by atomic mass is 32.1. The molecule has 0 unspecified atom stereocenters. The second-order valence-electron chi connectivity index (χ2n) is 5.19. The fraction of sp³-hybridized carbons (Fsp3) is 0.588. The van der Waals surface area contributed by atoms with Crippen LogP contribution in [-0.4, -0.2) is 11.7 Å². The molecule has 1 rings (SSSR count). The summed E-state index contributed by atoms with van der Waals surface area (Å²) in [5.41, 5.74) is 5.26. The number of hydrogen-bond acceptors (Lipinski definition) is 1. The maximum absolute atomic E-state index is 5.42. The molecule has 0 spiro atoms. The van der Waals surface area contributed by atoms with E-state index in [4.69, 9.17) is 12.2 Å². The molecule has 0 amide bonds. The second-order valence-corrected chi connectivity index (χ2v) is 5.60. The number of benzene rings is 1. The van der Waals surface area contributed by atoms with Crippen LogP contribution in [0.1, 0.15) is 56.7 Å². The number of anilines is 1. The minimum Gasteiger partial charge on any atom is -0.362 e. The molecule has 112 valence electrons. The predicted octanol–water partition coefficient (Wildman–Crippen LogP) is 4.60. The summed E-state index contributed by atoms with van der Waals surface area (Å²) in [6.07, 6.45) is 5.71. The van der Waals surface area contributed by atoms with Crippen molar-refractivity contribution in [3.05, 3.63) is 28.8 Å². The van der Waals surface area contributed by atoms with Crippen LogP contribution in [0.5, 0.6) is 0 Å². The molecule has 0 heterocycles. The normalized spacial score (nSPS) is 10.4. The second kappa shape index (κ2) is 8.96. The number of rotatable bonds is 7. The first kappa shape index (κ1) is 17.0. The number of unbranched alkanes of at least 4 members (excludes halogenated alkanes) is 2. The van der Waals surface area contributed by atoms with Crippen molar-refractivity contribution in [3.63, 3.8) is 0 Å². The molecule has 0 aliphatic heterocycles. The van der Waals surface area contributed by atoms with Gasteiger partial charge in [-0.2, -0.15) is 0 Å². The van der Waals surface area contributed by atoms with Crippen LogP contribution in [-0.2, 0) is 12.8 Å². The van der Waals surface area contributed by atoms with Gasteiger partial charge in [-0.1, -0.05) is 45.7 Å². The summed E-state index contributed by atoms with van der Waals surface area (Å²) in [5, 5.41) is 7.47. The van der Waals surface area contributed by atoms with E-state index in [0.29, 0.717) is 0 Å². The van der Waals surface area contributed by atoms with Crippen molar-refractivity contribution in [1.29, 1.82) is 0 Å². The molecule has 0 aromatic heterocycles. The summed E-state index contributed by atoms with van der Waals surface area (Å²) < 4.78 is 0. The lowest BCUT2D eigenvalue weighted by Gasteiger charge is -2.18. The van der Waals surface area contributed by atoms with Gasteiger partial charge in [0.1, 0.15) is 0 Å². The van der Waals surface area contributed by atoms with E-state index in [1.807, 2.05) is 0 Å². The Labute approximate surface area is 129 Å². The Hall–Kier alpha value is -1.09. The third-order valence-electron chi connectivity index (χ3n) is 3.67. The fourth-order valence-corrected chi connectivity index (χ4v) is 2.65. The summed E-state index contributed by atoms with van der Waals surface area (Å²) in [7, 11) is 0. The molecule has 0 atom stereocenters. The third-order valence-corrected chi connectivity index (χ3v) is 3.92. The van der Waals surface area contributed by atoms with Gasteiger partial charge >= 0.3 is 0 Å². The molecule has 0 radical (unpaired) electrons. The molecule has 0 aliphatic rings. The number of thiocarbonyl (C=S) groups is 1. The highest BCUT2D eigenvalue weighted by Crippen LogP contribution is 2.25. The van der Waals surface area contributed by atoms with E-state index in [9.17, 15) is 0 Å². The van der Waals surface area contributed by atoms with E-state index < -0.39 is 0 Å². The molecule has 1 aromatic rings. The van der Waals surface area contributed by atoms with Gasteiger partial charge in [0.2, 0.25) is 0 Å². The average Bonchev–Trinajstić information content (AvgIpc) is 2.44. The number of aryl methyl sites for hydroxylation is 2. The smallest absolute Gasteiger partial charge is 0.170 e. The van der Waals surface area contributed by atoms with Gasteiger partial charge in [0.15, 0.2) is 5.11 Å². The lowest BCUT2D eigenvalue weighted by atomic mass is 9.98. The minimum absolute atomic E-state index is 0.746. The molecular weight excluding hydrogens is 264 g/mol. The average molecular weight is 292 g/mol. The van der Waals surface area contributed by atoms with Gasteiger partial charge in [-0.25, -0.2) is 0 Å². The molecular formula is C17H28N2S. The molecule has 0 saturated heterocycles. The first-order valence-electron chi connectivity index (χ1n) is 7.80. The monoisotopic (exact) mass is 292 g/mol. The van der Waals surface area contributed by atoms with Crippen molar-refractivity contribution in [1.82, 2.24) is 5.32 Å². The van der Waals surface area contributed by atoms with Crippen LogP contribution >= 0.6 is 12.2 Å². The van der Waals surface area contributed by atoms with Crippen LogP contribution in [0, 0.1) is 6.92 Å². The maximum Gasteiger partial charge on any atom is 0.170 e. The summed E-state index contributed by atoms with van der Waals surface area (Å²) >= 11 is 5.42. The first-order valence-corrected chi connectivity index (χ1v) is 8.21. The largest absolute Gasteiger partial charge is 0.362 e. The van der Waals surface area contributed by atoms with E-state index >= 15 is 0 Å². The standard InChI is InChI=1S/C17H28N2S/c1-5-8-9-12-18-17(20)19-16-14(6-2)11-10-13(4)15(16)7-3/h10-11H,5-9,12H2,1-4H3,(H2,18,19,20). The zero-order valence-corrected chi connectivity index (χ0v) is 14.1. The predicted molar refractivity (Wildman–Crippen MR) is 93.7 cm³/mol. The fourth-order valence-electron chi connectivity index (χ4n) is 2.44. The van der Waals surface area contributed by atoms with Crippen LogP contribution < -0.4 is 10.6 Å². The minimum atomic E-state index is 0.746. The summed E-state index contributed by atoms with van der Waals surface area (Å²) in [6.45, 7) is 9.72. The van der Waals surface area contributed by atoms with Gasteiger partial charge in [0, 0.05) is 12.2 Å². The van der Waals surface area contributed by atoms with Crippen molar-refractivity contribution < 1.29 is 0 Å². The Morgan fingerprint density at radius 2 is 1.85 bits per heavy atom. The molecule has 3 heteroatoms. The van der Waals surface area contributed by atoms with E-state index in [-0.39, 0.29) is 0 Å². The SMILES string of the molecule is CCCCCNC(=S)Nc1c(CC)ccc(C)c1CC. The van der Waals surface area contributed by atoms with Gasteiger partial charge in [-0.15, -0.1) is 0 Å². The molecule has 1 aromatic carbocycles. The van der Waals surface area contributed by atoms with Gasteiger partial charge in [-0.3, -0.25) is 0 Å². The zero-order valence-electron chi connectivity index (χ0n) is 13.3. The third kappa shape index (κ3) is 4.78. The highest BCUT2D eigenvalue weighted by Gasteiger charge is 2.10. The van der Waals surface area contributed by atoms with Gasteiger partial charge in [0.05, 0.1) is 0 Å². The summed E-state index contributed by atoms with van der Waals surface area (Å²) in [5.74, 6) is 0. The van der Waals surface area contributed by atoms with Crippen molar-refractivity contribution >= 4 is 23.0 Å². The molecule has 0 bridgehead atoms. The molecule has 20 heavy (non-hydrogen) atoms. The van der Waals surface area contributed by atoms with E-state index in [1.165, 1.54) is 41.6 Å². The van der Waals surface area contributed by atoms with Gasteiger partial charge in [-0.05, 0) is 55.1 Å². The van der Waals surface area contributed by atoms with Crippen molar-refractivity contribution in [2.45, 2.75) is 59.8 Å². The number of nitrogens with one attached hydrogen (secondary N) is 2. The number of hydrogen-bond donors (Lipinski definition) is 2. The lowest BCUT2D eigenvalue weighted by Crippen LogP contribution is -2.30. The maximum atomic E-state index is 5.42. The van der Waals surface area contributed by atoms with Crippen molar-refractivity contribution in [2.75, 3.05) is 11.9 Å². The first-order chi connectivity index (χ1) is 9.63. The van der Waals surface area contributed by atoms with Gasteiger partial charge in [0.25, 0.3) is 0 Å².